The van der Waals surface area contributed by atoms with Crippen molar-refractivity contribution < 1.29 is 8.78 Å². The predicted octanol–water partition coefficient (Wildman–Crippen LogP) is 2.72. The van der Waals surface area contributed by atoms with Gasteiger partial charge in [-0.3, -0.25) is 4.98 Å². The monoisotopic (exact) mass is 234 g/mol. The van der Waals surface area contributed by atoms with E-state index in [0.29, 0.717) is 5.56 Å². The standard InChI is InChI=1S/C13H12F2N2/c1-8-2-3-17-7-12(8)13(16)9-4-10(14)6-11(15)5-9/h2-7,13H,16H2,1H3. The van der Waals surface area contributed by atoms with Crippen LogP contribution in [0.25, 0.3) is 0 Å². The molecule has 0 fully saturated rings. The van der Waals surface area contributed by atoms with Crippen molar-refractivity contribution in [1.29, 1.82) is 0 Å². The molecule has 17 heavy (non-hydrogen) atoms. The number of hydrogen-bond donors (Lipinski definition) is 1. The summed E-state index contributed by atoms with van der Waals surface area (Å²) in [6, 6.07) is 4.53. The Morgan fingerprint density at radius 2 is 1.82 bits per heavy atom. The third-order valence-corrected chi connectivity index (χ3v) is 2.66. The molecule has 88 valence electrons. The number of rotatable bonds is 2. The van der Waals surface area contributed by atoms with Crippen molar-refractivity contribution in [3.8, 4) is 0 Å². The maximum atomic E-state index is 13.1. The summed E-state index contributed by atoms with van der Waals surface area (Å²) in [5.74, 6) is -1.26. The molecule has 0 bridgehead atoms. The molecule has 2 N–H and O–H groups in total. The number of hydrogen-bond acceptors (Lipinski definition) is 2. The van der Waals surface area contributed by atoms with Crippen molar-refractivity contribution in [2.45, 2.75) is 13.0 Å². The molecule has 1 heterocycles. The lowest BCUT2D eigenvalue weighted by Gasteiger charge is -2.14. The summed E-state index contributed by atoms with van der Waals surface area (Å²) >= 11 is 0. The molecule has 1 unspecified atom stereocenters. The Bertz CT molecular complexity index is 520. The smallest absolute Gasteiger partial charge is 0.126 e. The molecule has 0 aliphatic carbocycles. The SMILES string of the molecule is Cc1ccncc1C(N)c1cc(F)cc(F)c1. The first-order valence-electron chi connectivity index (χ1n) is 5.20. The van der Waals surface area contributed by atoms with Crippen LogP contribution in [-0.2, 0) is 0 Å². The van der Waals surface area contributed by atoms with Crippen LogP contribution in [0.5, 0.6) is 0 Å². The Kier molecular flexibility index (Phi) is 3.15. The zero-order valence-corrected chi connectivity index (χ0v) is 9.32. The third kappa shape index (κ3) is 2.47. The molecule has 0 amide bonds. The zero-order valence-electron chi connectivity index (χ0n) is 9.32. The fraction of sp³-hybridized carbons (Fsp3) is 0.154. The zero-order chi connectivity index (χ0) is 12.4. The molecular formula is C13H12F2N2. The molecule has 1 aromatic carbocycles. The van der Waals surface area contributed by atoms with Crippen LogP contribution in [0.3, 0.4) is 0 Å². The quantitative estimate of drug-likeness (QED) is 0.867. The van der Waals surface area contributed by atoms with E-state index in [-0.39, 0.29) is 0 Å². The number of benzene rings is 1. The van der Waals surface area contributed by atoms with Gasteiger partial charge in [0.05, 0.1) is 6.04 Å². The summed E-state index contributed by atoms with van der Waals surface area (Å²) in [6.07, 6.45) is 3.26. The van der Waals surface area contributed by atoms with E-state index in [1.807, 2.05) is 13.0 Å². The Hall–Kier alpha value is -1.81. The van der Waals surface area contributed by atoms with Crippen LogP contribution >= 0.6 is 0 Å². The van der Waals surface area contributed by atoms with Gasteiger partial charge in [0, 0.05) is 18.5 Å². The van der Waals surface area contributed by atoms with Crippen molar-refractivity contribution >= 4 is 0 Å². The van der Waals surface area contributed by atoms with Gasteiger partial charge in [-0.05, 0) is 41.8 Å². The van der Waals surface area contributed by atoms with Crippen LogP contribution in [0.1, 0.15) is 22.7 Å². The van der Waals surface area contributed by atoms with Gasteiger partial charge in [0.25, 0.3) is 0 Å². The summed E-state index contributed by atoms with van der Waals surface area (Å²) in [6.45, 7) is 1.88. The highest BCUT2D eigenvalue weighted by molar-refractivity contribution is 5.34. The lowest BCUT2D eigenvalue weighted by atomic mass is 9.97. The van der Waals surface area contributed by atoms with E-state index in [9.17, 15) is 8.78 Å². The molecule has 0 aliphatic heterocycles. The van der Waals surface area contributed by atoms with Crippen molar-refractivity contribution in [1.82, 2.24) is 4.98 Å². The van der Waals surface area contributed by atoms with Gasteiger partial charge < -0.3 is 5.73 Å². The number of halogens is 2. The van der Waals surface area contributed by atoms with Gasteiger partial charge in [-0.1, -0.05) is 0 Å². The second-order valence-electron chi connectivity index (χ2n) is 3.91. The molecule has 1 atom stereocenters. The maximum Gasteiger partial charge on any atom is 0.126 e. The molecule has 0 saturated carbocycles. The molecule has 2 rings (SSSR count). The number of nitrogens with zero attached hydrogens (tertiary/aromatic N) is 1. The average molecular weight is 234 g/mol. The van der Waals surface area contributed by atoms with Crippen LogP contribution in [0.4, 0.5) is 8.78 Å². The predicted molar refractivity (Wildman–Crippen MR) is 61.4 cm³/mol. The Morgan fingerprint density at radius 3 is 2.41 bits per heavy atom. The lowest BCUT2D eigenvalue weighted by Crippen LogP contribution is -2.14. The molecule has 0 spiro atoms. The Balaban J connectivity index is 2.43. The van der Waals surface area contributed by atoms with Gasteiger partial charge in [0.15, 0.2) is 0 Å². The molecule has 1 aromatic heterocycles. The highest BCUT2D eigenvalue weighted by atomic mass is 19.1. The van der Waals surface area contributed by atoms with E-state index in [0.717, 1.165) is 17.2 Å². The third-order valence-electron chi connectivity index (χ3n) is 2.66. The van der Waals surface area contributed by atoms with Crippen molar-refractivity contribution in [3.05, 3.63) is 65.0 Å². The minimum atomic E-state index is -0.628. The van der Waals surface area contributed by atoms with Gasteiger partial charge in [-0.25, -0.2) is 8.78 Å². The second-order valence-corrected chi connectivity index (χ2v) is 3.91. The van der Waals surface area contributed by atoms with Crippen LogP contribution in [0.2, 0.25) is 0 Å². The van der Waals surface area contributed by atoms with Gasteiger partial charge in [-0.2, -0.15) is 0 Å². The maximum absolute atomic E-state index is 13.1. The average Bonchev–Trinajstić information content (AvgIpc) is 2.27. The molecular weight excluding hydrogens is 222 g/mol. The first-order chi connectivity index (χ1) is 8.08. The first-order valence-corrected chi connectivity index (χ1v) is 5.20. The lowest BCUT2D eigenvalue weighted by molar-refractivity contribution is 0.577. The highest BCUT2D eigenvalue weighted by Crippen LogP contribution is 2.23. The van der Waals surface area contributed by atoms with E-state index in [4.69, 9.17) is 5.73 Å². The second kappa shape index (κ2) is 4.59. The van der Waals surface area contributed by atoms with Gasteiger partial charge in [0.2, 0.25) is 0 Å². The minimum Gasteiger partial charge on any atom is -0.320 e. The fourth-order valence-electron chi connectivity index (χ4n) is 1.74. The highest BCUT2D eigenvalue weighted by Gasteiger charge is 2.13. The molecule has 0 radical (unpaired) electrons. The number of aromatic nitrogens is 1. The fourth-order valence-corrected chi connectivity index (χ4v) is 1.74. The van der Waals surface area contributed by atoms with Crippen LogP contribution in [-0.4, -0.2) is 4.98 Å². The van der Waals surface area contributed by atoms with E-state index in [2.05, 4.69) is 4.98 Å². The number of pyridine rings is 1. The summed E-state index contributed by atoms with van der Waals surface area (Å²) in [7, 11) is 0. The van der Waals surface area contributed by atoms with E-state index < -0.39 is 17.7 Å². The topological polar surface area (TPSA) is 38.9 Å². The van der Waals surface area contributed by atoms with Crippen LogP contribution in [0.15, 0.2) is 36.7 Å². The van der Waals surface area contributed by atoms with Crippen molar-refractivity contribution in [2.24, 2.45) is 5.73 Å². The first kappa shape index (κ1) is 11.7. The van der Waals surface area contributed by atoms with Crippen LogP contribution in [0, 0.1) is 18.6 Å². The van der Waals surface area contributed by atoms with E-state index >= 15 is 0 Å². The normalized spacial score (nSPS) is 12.5. The molecule has 0 aliphatic rings. The minimum absolute atomic E-state index is 0.401. The van der Waals surface area contributed by atoms with Crippen molar-refractivity contribution in [2.75, 3.05) is 0 Å². The summed E-state index contributed by atoms with van der Waals surface area (Å²) < 4.78 is 26.2. The van der Waals surface area contributed by atoms with Gasteiger partial charge in [-0.15, -0.1) is 0 Å². The number of nitrogens with two attached hydrogens (primary N) is 1. The van der Waals surface area contributed by atoms with E-state index in [1.54, 1.807) is 12.4 Å². The van der Waals surface area contributed by atoms with E-state index in [1.165, 1.54) is 12.1 Å². The molecule has 4 heteroatoms. The summed E-state index contributed by atoms with van der Waals surface area (Å²) in [4.78, 5) is 3.97. The summed E-state index contributed by atoms with van der Waals surface area (Å²) in [5.41, 5.74) is 8.09. The summed E-state index contributed by atoms with van der Waals surface area (Å²) in [5, 5.41) is 0. The number of aryl methyl sites for hydroxylation is 1. The molecule has 2 aromatic rings. The Labute approximate surface area is 98.1 Å². The molecule has 2 nitrogen and oxygen atoms in total. The van der Waals surface area contributed by atoms with Gasteiger partial charge in [0.1, 0.15) is 11.6 Å². The largest absolute Gasteiger partial charge is 0.320 e. The van der Waals surface area contributed by atoms with Crippen LogP contribution < -0.4 is 5.73 Å². The molecule has 0 saturated heterocycles. The van der Waals surface area contributed by atoms with Crippen molar-refractivity contribution in [3.63, 3.8) is 0 Å². The van der Waals surface area contributed by atoms with Gasteiger partial charge >= 0.3 is 0 Å². The Morgan fingerprint density at radius 1 is 1.18 bits per heavy atom.